The van der Waals surface area contributed by atoms with Crippen LogP contribution in [-0.4, -0.2) is 15.7 Å². The Bertz CT molecular complexity index is 1050. The SMILES string of the molecule is Cc1cc(=O)c(C(=O)Nc2ccc(F)c(Cl)c2)nn1-c1ccc(Cl)cc1. The van der Waals surface area contributed by atoms with Crippen LogP contribution in [0, 0.1) is 12.7 Å². The lowest BCUT2D eigenvalue weighted by Gasteiger charge is -2.11. The van der Waals surface area contributed by atoms with E-state index in [-0.39, 0.29) is 16.4 Å². The normalized spacial score (nSPS) is 10.6. The molecule has 3 rings (SSSR count). The molecule has 1 amide bonds. The van der Waals surface area contributed by atoms with Crippen molar-refractivity contribution in [2.24, 2.45) is 0 Å². The molecule has 0 aliphatic heterocycles. The van der Waals surface area contributed by atoms with E-state index in [4.69, 9.17) is 23.2 Å². The summed E-state index contributed by atoms with van der Waals surface area (Å²) < 4.78 is 14.7. The number of hydrogen-bond acceptors (Lipinski definition) is 3. The molecule has 1 heterocycles. The summed E-state index contributed by atoms with van der Waals surface area (Å²) in [7, 11) is 0. The van der Waals surface area contributed by atoms with Gasteiger partial charge in [0.05, 0.1) is 10.7 Å². The zero-order valence-corrected chi connectivity index (χ0v) is 15.0. The molecule has 3 aromatic rings. The molecule has 26 heavy (non-hydrogen) atoms. The van der Waals surface area contributed by atoms with Gasteiger partial charge in [-0.25, -0.2) is 9.07 Å². The highest BCUT2D eigenvalue weighted by Crippen LogP contribution is 2.20. The minimum Gasteiger partial charge on any atom is -0.320 e. The number of carbonyl (C=O) groups is 1. The number of halogens is 3. The van der Waals surface area contributed by atoms with Gasteiger partial charge in [-0.2, -0.15) is 5.10 Å². The van der Waals surface area contributed by atoms with E-state index in [0.29, 0.717) is 16.4 Å². The molecule has 132 valence electrons. The van der Waals surface area contributed by atoms with E-state index in [0.717, 1.165) is 6.07 Å². The second-order valence-corrected chi connectivity index (χ2v) is 6.31. The van der Waals surface area contributed by atoms with Gasteiger partial charge < -0.3 is 5.32 Å². The van der Waals surface area contributed by atoms with Crippen LogP contribution in [0.2, 0.25) is 10.0 Å². The largest absolute Gasteiger partial charge is 0.320 e. The quantitative estimate of drug-likeness (QED) is 0.725. The van der Waals surface area contributed by atoms with Gasteiger partial charge in [-0.15, -0.1) is 0 Å². The number of hydrogen-bond donors (Lipinski definition) is 1. The average Bonchev–Trinajstić information content (AvgIpc) is 2.59. The minimum atomic E-state index is -0.722. The van der Waals surface area contributed by atoms with Crippen molar-refractivity contribution in [1.82, 2.24) is 9.78 Å². The standard InChI is InChI=1S/C18H12Cl2FN3O2/c1-10-8-16(25)17(23-24(10)13-5-2-11(19)3-6-13)18(26)22-12-4-7-15(21)14(20)9-12/h2-9H,1H3,(H,22,26). The number of carbonyl (C=O) groups excluding carboxylic acids is 1. The molecular weight excluding hydrogens is 380 g/mol. The second-order valence-electron chi connectivity index (χ2n) is 5.47. The maximum Gasteiger partial charge on any atom is 0.280 e. The Morgan fingerprint density at radius 2 is 1.81 bits per heavy atom. The van der Waals surface area contributed by atoms with Gasteiger partial charge in [0.1, 0.15) is 5.82 Å². The van der Waals surface area contributed by atoms with Crippen LogP contribution in [0.15, 0.2) is 53.3 Å². The summed E-state index contributed by atoms with van der Waals surface area (Å²) in [4.78, 5) is 24.6. The minimum absolute atomic E-state index is 0.141. The summed E-state index contributed by atoms with van der Waals surface area (Å²) in [5.74, 6) is -1.33. The molecule has 0 spiro atoms. The van der Waals surface area contributed by atoms with Crippen molar-refractivity contribution in [2.45, 2.75) is 6.92 Å². The Kier molecular flexibility index (Phi) is 5.06. The Morgan fingerprint density at radius 1 is 1.12 bits per heavy atom. The van der Waals surface area contributed by atoms with E-state index in [1.165, 1.54) is 22.9 Å². The third-order valence-electron chi connectivity index (χ3n) is 3.57. The Morgan fingerprint density at radius 3 is 2.46 bits per heavy atom. The van der Waals surface area contributed by atoms with Crippen LogP contribution >= 0.6 is 23.2 Å². The van der Waals surface area contributed by atoms with Crippen LogP contribution in [0.5, 0.6) is 0 Å². The Labute approximate surface area is 158 Å². The molecule has 1 N–H and O–H groups in total. The summed E-state index contributed by atoms with van der Waals surface area (Å²) in [6.07, 6.45) is 0. The predicted molar refractivity (Wildman–Crippen MR) is 98.9 cm³/mol. The summed E-state index contributed by atoms with van der Waals surface area (Å²) in [5, 5.41) is 7.05. The highest BCUT2D eigenvalue weighted by atomic mass is 35.5. The highest BCUT2D eigenvalue weighted by Gasteiger charge is 2.16. The number of aromatic nitrogens is 2. The molecule has 5 nitrogen and oxygen atoms in total. The number of benzene rings is 2. The van der Waals surface area contributed by atoms with Crippen molar-refractivity contribution in [2.75, 3.05) is 5.32 Å². The summed E-state index contributed by atoms with van der Waals surface area (Å²) in [5.41, 5.74) is 0.620. The lowest BCUT2D eigenvalue weighted by atomic mass is 10.2. The van der Waals surface area contributed by atoms with Gasteiger partial charge in [-0.1, -0.05) is 23.2 Å². The van der Waals surface area contributed by atoms with Gasteiger partial charge in [0.25, 0.3) is 5.91 Å². The molecule has 1 aromatic heterocycles. The lowest BCUT2D eigenvalue weighted by Crippen LogP contribution is -2.26. The van der Waals surface area contributed by atoms with Crippen molar-refractivity contribution in [1.29, 1.82) is 0 Å². The predicted octanol–water partition coefficient (Wildman–Crippen LogP) is 4.24. The summed E-state index contributed by atoms with van der Waals surface area (Å²) >= 11 is 11.6. The molecule has 0 atom stereocenters. The molecule has 0 bridgehead atoms. The number of nitrogens with one attached hydrogen (secondary N) is 1. The molecule has 0 unspecified atom stereocenters. The van der Waals surface area contributed by atoms with Crippen molar-refractivity contribution < 1.29 is 9.18 Å². The van der Waals surface area contributed by atoms with Gasteiger partial charge in [0.2, 0.25) is 5.43 Å². The first-order valence-electron chi connectivity index (χ1n) is 7.48. The second kappa shape index (κ2) is 7.27. The maximum absolute atomic E-state index is 13.2. The molecule has 0 aliphatic rings. The van der Waals surface area contributed by atoms with Crippen LogP contribution in [-0.2, 0) is 0 Å². The fourth-order valence-electron chi connectivity index (χ4n) is 2.31. The van der Waals surface area contributed by atoms with Crippen LogP contribution in [0.25, 0.3) is 5.69 Å². The first-order chi connectivity index (χ1) is 12.3. The fraction of sp³-hybridized carbons (Fsp3) is 0.0556. The smallest absolute Gasteiger partial charge is 0.280 e. The van der Waals surface area contributed by atoms with Crippen molar-refractivity contribution in [3.05, 3.63) is 86.0 Å². The van der Waals surface area contributed by atoms with Gasteiger partial charge in [0, 0.05) is 22.5 Å². The van der Waals surface area contributed by atoms with E-state index in [1.807, 2.05) is 0 Å². The third kappa shape index (κ3) is 3.76. The van der Waals surface area contributed by atoms with E-state index in [9.17, 15) is 14.0 Å². The van der Waals surface area contributed by atoms with Gasteiger partial charge >= 0.3 is 0 Å². The van der Waals surface area contributed by atoms with Crippen molar-refractivity contribution in [3.63, 3.8) is 0 Å². The Balaban J connectivity index is 1.97. The third-order valence-corrected chi connectivity index (χ3v) is 4.11. The molecular formula is C18H12Cl2FN3O2. The van der Waals surface area contributed by atoms with Crippen molar-refractivity contribution >= 4 is 34.8 Å². The number of amides is 1. The number of nitrogens with zero attached hydrogens (tertiary/aromatic N) is 2. The average molecular weight is 392 g/mol. The Hall–Kier alpha value is -2.70. The maximum atomic E-state index is 13.2. The van der Waals surface area contributed by atoms with Gasteiger partial charge in [-0.05, 0) is 49.4 Å². The van der Waals surface area contributed by atoms with E-state index in [1.54, 1.807) is 31.2 Å². The van der Waals surface area contributed by atoms with Gasteiger partial charge in [0.15, 0.2) is 5.69 Å². The van der Waals surface area contributed by atoms with Crippen LogP contribution < -0.4 is 10.7 Å². The monoisotopic (exact) mass is 391 g/mol. The van der Waals surface area contributed by atoms with Crippen LogP contribution in [0.3, 0.4) is 0 Å². The first-order valence-corrected chi connectivity index (χ1v) is 8.24. The number of rotatable bonds is 3. The number of anilines is 1. The zero-order valence-electron chi connectivity index (χ0n) is 13.5. The molecule has 0 saturated heterocycles. The van der Waals surface area contributed by atoms with Crippen LogP contribution in [0.4, 0.5) is 10.1 Å². The zero-order chi connectivity index (χ0) is 18.8. The molecule has 8 heteroatoms. The lowest BCUT2D eigenvalue weighted by molar-refractivity contribution is 0.101. The highest BCUT2D eigenvalue weighted by molar-refractivity contribution is 6.31. The molecule has 2 aromatic carbocycles. The van der Waals surface area contributed by atoms with E-state index < -0.39 is 17.2 Å². The topological polar surface area (TPSA) is 64.0 Å². The molecule has 0 saturated carbocycles. The first kappa shape index (κ1) is 18.1. The summed E-state index contributed by atoms with van der Waals surface area (Å²) in [6.45, 7) is 1.70. The molecule has 0 fully saturated rings. The fourth-order valence-corrected chi connectivity index (χ4v) is 2.62. The van der Waals surface area contributed by atoms with E-state index >= 15 is 0 Å². The number of aryl methyl sites for hydroxylation is 1. The molecule has 0 aliphatic carbocycles. The summed E-state index contributed by atoms with van der Waals surface area (Å²) in [6, 6.07) is 11.8. The van der Waals surface area contributed by atoms with Gasteiger partial charge in [-0.3, -0.25) is 9.59 Å². The molecule has 0 radical (unpaired) electrons. The van der Waals surface area contributed by atoms with Crippen molar-refractivity contribution in [3.8, 4) is 5.69 Å². The van der Waals surface area contributed by atoms with E-state index in [2.05, 4.69) is 10.4 Å². The van der Waals surface area contributed by atoms with Crippen LogP contribution in [0.1, 0.15) is 16.2 Å².